The van der Waals surface area contributed by atoms with Crippen LogP contribution in [0.25, 0.3) is 22.0 Å². The molecule has 0 unspecified atom stereocenters. The Kier molecular flexibility index (Phi) is 7.01. The Bertz CT molecular complexity index is 1490. The molecule has 0 amide bonds. The van der Waals surface area contributed by atoms with E-state index in [2.05, 4.69) is 46.8 Å². The van der Waals surface area contributed by atoms with Gasteiger partial charge in [-0.2, -0.15) is 5.10 Å². The minimum atomic E-state index is -0.361. The maximum absolute atomic E-state index is 13.4. The van der Waals surface area contributed by atoms with E-state index < -0.39 is 0 Å². The highest BCUT2D eigenvalue weighted by molar-refractivity contribution is 5.94. The molecule has 0 atom stereocenters. The van der Waals surface area contributed by atoms with Crippen molar-refractivity contribution in [1.29, 1.82) is 0 Å². The van der Waals surface area contributed by atoms with Crippen LogP contribution < -0.4 is 10.5 Å². The molecule has 2 aromatic heterocycles. The summed E-state index contributed by atoms with van der Waals surface area (Å²) in [6.45, 7) is 9.74. The third-order valence-electron chi connectivity index (χ3n) is 6.81. The highest BCUT2D eigenvalue weighted by Crippen LogP contribution is 2.28. The van der Waals surface area contributed by atoms with Crippen molar-refractivity contribution in [2.45, 2.75) is 27.4 Å². The standard InChI is InChI=1S/C29H31N5O3/c1-4-37-29(36)22-11-12-26(30-18-22)33-15-13-32(14-16-33)19-34-28(35)24-8-6-5-7-23(24)27(31-34)25-17-20(2)9-10-21(25)3/h5-12,17-18H,4,13-16,19H2,1-3H3. The maximum atomic E-state index is 13.4. The predicted molar refractivity (Wildman–Crippen MR) is 145 cm³/mol. The van der Waals surface area contributed by atoms with Gasteiger partial charge in [0, 0.05) is 43.3 Å². The number of anilines is 1. The van der Waals surface area contributed by atoms with Gasteiger partial charge in [0.15, 0.2) is 0 Å². The summed E-state index contributed by atoms with van der Waals surface area (Å²) in [5, 5.41) is 6.43. The molecule has 8 heteroatoms. The molecule has 2 aromatic carbocycles. The van der Waals surface area contributed by atoms with Gasteiger partial charge in [-0.25, -0.2) is 14.5 Å². The van der Waals surface area contributed by atoms with Crippen molar-refractivity contribution in [2.75, 3.05) is 37.7 Å². The van der Waals surface area contributed by atoms with Gasteiger partial charge in [0.05, 0.1) is 29.9 Å². The zero-order valence-corrected chi connectivity index (χ0v) is 21.5. The highest BCUT2D eigenvalue weighted by Gasteiger charge is 2.21. The van der Waals surface area contributed by atoms with Crippen LogP contribution in [0.1, 0.15) is 28.4 Å². The molecule has 0 saturated carbocycles. The Morgan fingerprint density at radius 1 is 0.973 bits per heavy atom. The number of ether oxygens (including phenoxy) is 1. The number of fused-ring (bicyclic) bond motifs is 1. The van der Waals surface area contributed by atoms with Gasteiger partial charge in [0.2, 0.25) is 0 Å². The fourth-order valence-corrected chi connectivity index (χ4v) is 4.74. The van der Waals surface area contributed by atoms with Gasteiger partial charge in [0.1, 0.15) is 5.82 Å². The van der Waals surface area contributed by atoms with Crippen LogP contribution >= 0.6 is 0 Å². The molecule has 0 spiro atoms. The van der Waals surface area contributed by atoms with Crippen LogP contribution in [0, 0.1) is 13.8 Å². The lowest BCUT2D eigenvalue weighted by atomic mass is 9.99. The Balaban J connectivity index is 1.35. The molecule has 0 aliphatic carbocycles. The van der Waals surface area contributed by atoms with Crippen molar-refractivity contribution in [3.63, 3.8) is 0 Å². The fraction of sp³-hybridized carbons (Fsp3) is 0.310. The molecule has 0 radical (unpaired) electrons. The van der Waals surface area contributed by atoms with Crippen molar-refractivity contribution >= 4 is 22.6 Å². The summed E-state index contributed by atoms with van der Waals surface area (Å²) in [7, 11) is 0. The molecule has 1 saturated heterocycles. The van der Waals surface area contributed by atoms with E-state index in [1.54, 1.807) is 23.9 Å². The van der Waals surface area contributed by atoms with E-state index >= 15 is 0 Å². The van der Waals surface area contributed by atoms with E-state index in [0.29, 0.717) is 24.2 Å². The normalized spacial score (nSPS) is 14.2. The molecular formula is C29H31N5O3. The second-order valence-electron chi connectivity index (χ2n) is 9.39. The first kappa shape index (κ1) is 24.6. The predicted octanol–water partition coefficient (Wildman–Crippen LogP) is 4.03. The van der Waals surface area contributed by atoms with Gasteiger partial charge in [-0.3, -0.25) is 9.69 Å². The molecule has 3 heterocycles. The van der Waals surface area contributed by atoms with Gasteiger partial charge in [-0.15, -0.1) is 0 Å². The molecule has 0 bridgehead atoms. The van der Waals surface area contributed by atoms with Crippen molar-refractivity contribution < 1.29 is 9.53 Å². The van der Waals surface area contributed by atoms with Gasteiger partial charge in [0.25, 0.3) is 5.56 Å². The van der Waals surface area contributed by atoms with Gasteiger partial charge in [-0.05, 0) is 50.6 Å². The number of benzene rings is 2. The number of aromatic nitrogens is 3. The summed E-state index contributed by atoms with van der Waals surface area (Å²) in [5.41, 5.74) is 4.54. The molecule has 37 heavy (non-hydrogen) atoms. The second kappa shape index (κ2) is 10.5. The van der Waals surface area contributed by atoms with Crippen molar-refractivity contribution in [3.05, 3.63) is 87.8 Å². The van der Waals surface area contributed by atoms with Crippen molar-refractivity contribution in [3.8, 4) is 11.3 Å². The number of aryl methyl sites for hydroxylation is 2. The average Bonchev–Trinajstić information content (AvgIpc) is 2.92. The smallest absolute Gasteiger partial charge is 0.339 e. The first-order chi connectivity index (χ1) is 17.9. The van der Waals surface area contributed by atoms with E-state index in [-0.39, 0.29) is 11.5 Å². The third kappa shape index (κ3) is 5.11. The number of rotatable bonds is 6. The number of piperazine rings is 1. The molecule has 190 valence electrons. The van der Waals surface area contributed by atoms with Crippen LogP contribution in [0.3, 0.4) is 0 Å². The lowest BCUT2D eigenvalue weighted by Crippen LogP contribution is -2.48. The van der Waals surface area contributed by atoms with E-state index in [9.17, 15) is 9.59 Å². The summed E-state index contributed by atoms with van der Waals surface area (Å²) >= 11 is 0. The molecule has 5 rings (SSSR count). The quantitative estimate of drug-likeness (QED) is 0.372. The summed E-state index contributed by atoms with van der Waals surface area (Å²) < 4.78 is 6.63. The monoisotopic (exact) mass is 497 g/mol. The number of hydrogen-bond acceptors (Lipinski definition) is 7. The topological polar surface area (TPSA) is 80.6 Å². The van der Waals surface area contributed by atoms with E-state index in [0.717, 1.165) is 59.8 Å². The summed E-state index contributed by atoms with van der Waals surface area (Å²) in [5.74, 6) is 0.464. The van der Waals surface area contributed by atoms with Gasteiger partial charge in [-0.1, -0.05) is 35.9 Å². The number of hydrogen-bond donors (Lipinski definition) is 0. The first-order valence-electron chi connectivity index (χ1n) is 12.6. The molecular weight excluding hydrogens is 466 g/mol. The maximum Gasteiger partial charge on any atom is 0.339 e. The highest BCUT2D eigenvalue weighted by atomic mass is 16.5. The molecule has 4 aromatic rings. The lowest BCUT2D eigenvalue weighted by molar-refractivity contribution is 0.0526. The average molecular weight is 498 g/mol. The number of nitrogens with zero attached hydrogens (tertiary/aromatic N) is 5. The van der Waals surface area contributed by atoms with Gasteiger partial charge < -0.3 is 9.64 Å². The van der Waals surface area contributed by atoms with E-state index in [1.807, 2.05) is 30.3 Å². The fourth-order valence-electron chi connectivity index (χ4n) is 4.74. The van der Waals surface area contributed by atoms with Crippen LogP contribution in [-0.2, 0) is 11.4 Å². The van der Waals surface area contributed by atoms with Crippen LogP contribution in [0.4, 0.5) is 5.82 Å². The molecule has 0 N–H and O–H groups in total. The van der Waals surface area contributed by atoms with Crippen LogP contribution in [0.2, 0.25) is 0 Å². The zero-order chi connectivity index (χ0) is 25.9. The summed E-state index contributed by atoms with van der Waals surface area (Å²) in [6.07, 6.45) is 1.56. The third-order valence-corrected chi connectivity index (χ3v) is 6.81. The second-order valence-corrected chi connectivity index (χ2v) is 9.39. The Hall–Kier alpha value is -4.04. The minimum Gasteiger partial charge on any atom is -0.462 e. The van der Waals surface area contributed by atoms with Gasteiger partial charge >= 0.3 is 5.97 Å². The number of esters is 1. The summed E-state index contributed by atoms with van der Waals surface area (Å²) in [4.78, 5) is 34.1. The molecule has 8 nitrogen and oxygen atoms in total. The van der Waals surface area contributed by atoms with Crippen LogP contribution in [0.15, 0.2) is 65.6 Å². The van der Waals surface area contributed by atoms with Crippen LogP contribution in [0.5, 0.6) is 0 Å². The van der Waals surface area contributed by atoms with Crippen LogP contribution in [-0.4, -0.2) is 58.4 Å². The Labute approximate surface area is 216 Å². The number of carbonyl (C=O) groups excluding carboxylic acids is 1. The number of carbonyl (C=O) groups is 1. The minimum absolute atomic E-state index is 0.0803. The zero-order valence-electron chi connectivity index (χ0n) is 21.5. The van der Waals surface area contributed by atoms with E-state index in [4.69, 9.17) is 9.84 Å². The molecule has 1 aliphatic heterocycles. The van der Waals surface area contributed by atoms with E-state index in [1.165, 1.54) is 0 Å². The van der Waals surface area contributed by atoms with Crippen molar-refractivity contribution in [1.82, 2.24) is 19.7 Å². The summed E-state index contributed by atoms with van der Waals surface area (Å²) in [6, 6.07) is 17.7. The molecule has 1 aliphatic rings. The Morgan fingerprint density at radius 3 is 2.43 bits per heavy atom. The molecule has 1 fully saturated rings. The SMILES string of the molecule is CCOC(=O)c1ccc(N2CCN(Cn3nc(-c4cc(C)ccc4C)c4ccccc4c3=O)CC2)nc1. The Morgan fingerprint density at radius 2 is 1.73 bits per heavy atom. The largest absolute Gasteiger partial charge is 0.462 e. The lowest BCUT2D eigenvalue weighted by Gasteiger charge is -2.35. The number of pyridine rings is 1. The van der Waals surface area contributed by atoms with Crippen molar-refractivity contribution in [2.24, 2.45) is 0 Å². The first-order valence-corrected chi connectivity index (χ1v) is 12.6.